The Morgan fingerprint density at radius 1 is 0.333 bits per heavy atom. The normalized spacial score (nSPS) is 12.2. The van der Waals surface area contributed by atoms with E-state index in [1.807, 2.05) is 0 Å². The third kappa shape index (κ3) is 6.71. The molecule has 60 heavy (non-hydrogen) atoms. The Morgan fingerprint density at radius 3 is 1.03 bits per heavy atom. The van der Waals surface area contributed by atoms with Gasteiger partial charge in [0.2, 0.25) is 0 Å². The first kappa shape index (κ1) is 37.0. The summed E-state index contributed by atoms with van der Waals surface area (Å²) in [6.45, 7) is 4.52. The first-order chi connectivity index (χ1) is 29.7. The van der Waals surface area contributed by atoms with E-state index in [0.29, 0.717) is 0 Å². The van der Waals surface area contributed by atoms with Gasteiger partial charge in [0.15, 0.2) is 0 Å². The standard InChI is InChI=1S/C60H46/c1-3-20-42(46-26-19-28-48(40-46)60-55-35-16-12-31-51(55)58(44-23-8-5-9-24-44)52-32-13-17-36-56(52)60)38-37-41(2)45-25-18-27-47(39-45)59-53-33-14-10-29-49(53)57(43-21-6-4-7-22-43)50-30-11-15-34-54(50)59/h4-19,21-40H,3,20H2,1-2H3/b41-37+,42-38+. The van der Waals surface area contributed by atoms with Crippen LogP contribution in [0, 0.1) is 0 Å². The molecule has 286 valence electrons. The van der Waals surface area contributed by atoms with Crippen molar-refractivity contribution in [3.05, 3.63) is 230 Å². The fraction of sp³-hybridized carbons (Fsp3) is 0.0667. The molecule has 0 heteroatoms. The molecule has 0 unspecified atom stereocenters. The molecule has 0 amide bonds. The van der Waals surface area contributed by atoms with Crippen molar-refractivity contribution < 1.29 is 0 Å². The van der Waals surface area contributed by atoms with Crippen LogP contribution in [-0.4, -0.2) is 0 Å². The molecule has 0 saturated heterocycles. The zero-order chi connectivity index (χ0) is 40.4. The molecule has 0 N–H and O–H groups in total. The van der Waals surface area contributed by atoms with Crippen LogP contribution in [0.2, 0.25) is 0 Å². The molecule has 10 aromatic rings. The molecular formula is C60H46. The van der Waals surface area contributed by atoms with Crippen LogP contribution in [0.1, 0.15) is 37.8 Å². The quantitative estimate of drug-likeness (QED) is 0.101. The van der Waals surface area contributed by atoms with Crippen molar-refractivity contribution in [3.63, 3.8) is 0 Å². The summed E-state index contributed by atoms with van der Waals surface area (Å²) in [5.74, 6) is 0. The summed E-state index contributed by atoms with van der Waals surface area (Å²) in [4.78, 5) is 0. The van der Waals surface area contributed by atoms with Gasteiger partial charge in [0, 0.05) is 0 Å². The Labute approximate surface area is 353 Å². The molecule has 0 heterocycles. The molecule has 0 bridgehead atoms. The molecule has 0 spiro atoms. The number of allylic oxidation sites excluding steroid dienone is 4. The molecule has 0 aliphatic carbocycles. The molecule has 10 aromatic carbocycles. The average molecular weight is 767 g/mol. The van der Waals surface area contributed by atoms with Gasteiger partial charge in [-0.05, 0) is 135 Å². The molecular weight excluding hydrogens is 721 g/mol. The van der Waals surface area contributed by atoms with E-state index < -0.39 is 0 Å². The van der Waals surface area contributed by atoms with E-state index >= 15 is 0 Å². The van der Waals surface area contributed by atoms with Crippen molar-refractivity contribution >= 4 is 54.2 Å². The van der Waals surface area contributed by atoms with Crippen molar-refractivity contribution in [2.75, 3.05) is 0 Å². The predicted octanol–water partition coefficient (Wildman–Crippen LogP) is 17.3. The largest absolute Gasteiger partial charge is 0.0651 e. The Balaban J connectivity index is 1.06. The highest BCUT2D eigenvalue weighted by Gasteiger charge is 2.18. The Kier molecular flexibility index (Phi) is 9.97. The van der Waals surface area contributed by atoms with E-state index in [4.69, 9.17) is 0 Å². The van der Waals surface area contributed by atoms with Crippen LogP contribution in [0.4, 0.5) is 0 Å². The molecule has 0 aliphatic heterocycles. The lowest BCUT2D eigenvalue weighted by Gasteiger charge is -2.18. The molecule has 0 atom stereocenters. The highest BCUT2D eigenvalue weighted by Crippen LogP contribution is 2.45. The van der Waals surface area contributed by atoms with Gasteiger partial charge in [-0.3, -0.25) is 0 Å². The highest BCUT2D eigenvalue weighted by molar-refractivity contribution is 6.22. The number of benzene rings is 10. The summed E-state index contributed by atoms with van der Waals surface area (Å²) in [5, 5.41) is 10.2. The molecule has 0 nitrogen and oxygen atoms in total. The minimum atomic E-state index is 0.994. The highest BCUT2D eigenvalue weighted by atomic mass is 14.2. The van der Waals surface area contributed by atoms with Gasteiger partial charge >= 0.3 is 0 Å². The molecule has 0 aliphatic rings. The van der Waals surface area contributed by atoms with Gasteiger partial charge in [0.1, 0.15) is 0 Å². The van der Waals surface area contributed by atoms with Gasteiger partial charge in [-0.2, -0.15) is 0 Å². The zero-order valence-electron chi connectivity index (χ0n) is 34.2. The minimum Gasteiger partial charge on any atom is -0.0651 e. The molecule has 0 fully saturated rings. The second-order valence-corrected chi connectivity index (χ2v) is 15.9. The third-order valence-corrected chi connectivity index (χ3v) is 12.2. The first-order valence-corrected chi connectivity index (χ1v) is 21.2. The third-order valence-electron chi connectivity index (χ3n) is 12.2. The van der Waals surface area contributed by atoms with Crippen molar-refractivity contribution in [1.82, 2.24) is 0 Å². The number of hydrogen-bond donors (Lipinski definition) is 0. The lowest BCUT2D eigenvalue weighted by atomic mass is 9.85. The molecule has 10 rings (SSSR count). The number of fused-ring (bicyclic) bond motifs is 4. The van der Waals surface area contributed by atoms with Crippen LogP contribution < -0.4 is 0 Å². The van der Waals surface area contributed by atoms with Gasteiger partial charge in [0.05, 0.1) is 0 Å². The summed E-state index contributed by atoms with van der Waals surface area (Å²) in [5.41, 5.74) is 15.2. The van der Waals surface area contributed by atoms with E-state index in [-0.39, 0.29) is 0 Å². The zero-order valence-corrected chi connectivity index (χ0v) is 34.2. The van der Waals surface area contributed by atoms with Gasteiger partial charge < -0.3 is 0 Å². The van der Waals surface area contributed by atoms with Gasteiger partial charge in [0.25, 0.3) is 0 Å². The lowest BCUT2D eigenvalue weighted by Crippen LogP contribution is -1.92. The fourth-order valence-corrected chi connectivity index (χ4v) is 9.42. The predicted molar refractivity (Wildman–Crippen MR) is 261 cm³/mol. The van der Waals surface area contributed by atoms with Crippen molar-refractivity contribution in [2.45, 2.75) is 26.7 Å². The van der Waals surface area contributed by atoms with E-state index in [2.05, 4.69) is 232 Å². The molecule has 0 radical (unpaired) electrons. The summed E-state index contributed by atoms with van der Waals surface area (Å²) in [7, 11) is 0. The average Bonchev–Trinajstić information content (AvgIpc) is 3.31. The van der Waals surface area contributed by atoms with E-state index in [9.17, 15) is 0 Å². The van der Waals surface area contributed by atoms with Gasteiger partial charge in [-0.15, -0.1) is 0 Å². The number of hydrogen-bond acceptors (Lipinski definition) is 0. The van der Waals surface area contributed by atoms with Crippen LogP contribution in [-0.2, 0) is 0 Å². The molecule has 0 aromatic heterocycles. The van der Waals surface area contributed by atoms with Crippen LogP contribution in [0.3, 0.4) is 0 Å². The Morgan fingerprint density at radius 2 is 0.650 bits per heavy atom. The Hall–Kier alpha value is -7.28. The maximum absolute atomic E-state index is 2.41. The van der Waals surface area contributed by atoms with Crippen molar-refractivity contribution in [1.29, 1.82) is 0 Å². The fourth-order valence-electron chi connectivity index (χ4n) is 9.42. The van der Waals surface area contributed by atoms with Crippen LogP contribution in [0.15, 0.2) is 218 Å². The van der Waals surface area contributed by atoms with Crippen molar-refractivity contribution in [2.24, 2.45) is 0 Å². The summed E-state index contributed by atoms with van der Waals surface area (Å²) < 4.78 is 0. The monoisotopic (exact) mass is 766 g/mol. The van der Waals surface area contributed by atoms with E-state index in [0.717, 1.165) is 12.8 Å². The minimum absolute atomic E-state index is 0.994. The second-order valence-electron chi connectivity index (χ2n) is 15.9. The number of rotatable bonds is 9. The second kappa shape index (κ2) is 16.2. The van der Waals surface area contributed by atoms with Gasteiger partial charge in [-0.1, -0.05) is 220 Å². The smallest absolute Gasteiger partial charge is 0.00262 e. The maximum Gasteiger partial charge on any atom is -0.00262 e. The van der Waals surface area contributed by atoms with Crippen LogP contribution in [0.5, 0.6) is 0 Å². The maximum atomic E-state index is 2.41. The van der Waals surface area contributed by atoms with Crippen molar-refractivity contribution in [3.8, 4) is 44.5 Å². The van der Waals surface area contributed by atoms with Crippen LogP contribution >= 0.6 is 0 Å². The SMILES string of the molecule is CCC/C(=C\C=C(/C)c1cccc(-c2c3ccccc3c(-c3ccccc3)c3ccccc23)c1)c1cccc(-c2c3ccccc3c(-c3ccccc3)c3ccccc23)c1. The topological polar surface area (TPSA) is 0 Å². The molecule has 0 saturated carbocycles. The first-order valence-electron chi connectivity index (χ1n) is 21.2. The lowest BCUT2D eigenvalue weighted by molar-refractivity contribution is 0.973. The summed E-state index contributed by atoms with van der Waals surface area (Å²) in [6, 6.07) is 75.7. The summed E-state index contributed by atoms with van der Waals surface area (Å²) in [6.07, 6.45) is 6.74. The van der Waals surface area contributed by atoms with Crippen LogP contribution in [0.25, 0.3) is 98.7 Å². The van der Waals surface area contributed by atoms with Gasteiger partial charge in [-0.25, -0.2) is 0 Å². The van der Waals surface area contributed by atoms with E-state index in [1.165, 1.54) is 110 Å². The Bertz CT molecular complexity index is 3140. The van der Waals surface area contributed by atoms with E-state index in [1.54, 1.807) is 0 Å². The summed E-state index contributed by atoms with van der Waals surface area (Å²) >= 11 is 0.